The number of likely N-dealkylation sites (N-methyl/N-ethyl adjacent to an activating group) is 1. The predicted molar refractivity (Wildman–Crippen MR) is 86.8 cm³/mol. The van der Waals surface area contributed by atoms with E-state index in [1.807, 2.05) is 6.92 Å². The van der Waals surface area contributed by atoms with Crippen molar-refractivity contribution in [2.24, 2.45) is 4.99 Å². The van der Waals surface area contributed by atoms with Gasteiger partial charge in [-0.05, 0) is 32.6 Å². The van der Waals surface area contributed by atoms with Gasteiger partial charge in [-0.3, -0.25) is 4.48 Å². The topological polar surface area (TPSA) is 32.6 Å². The second kappa shape index (κ2) is 9.30. The molecule has 0 saturated carbocycles. The molecule has 0 fully saturated rings. The van der Waals surface area contributed by atoms with Crippen LogP contribution in [0, 0.1) is 0 Å². The van der Waals surface area contributed by atoms with Gasteiger partial charge in [0.25, 0.3) is 0 Å². The number of hydrogen-bond donors (Lipinski definition) is 1. The molecule has 0 spiro atoms. The number of aliphatic hydroxyl groups excluding tert-OH is 1. The van der Waals surface area contributed by atoms with Gasteiger partial charge >= 0.3 is 0 Å². The Morgan fingerprint density at radius 1 is 1.20 bits per heavy atom. The van der Waals surface area contributed by atoms with Gasteiger partial charge < -0.3 is 5.11 Å². The highest BCUT2D eigenvalue weighted by Crippen LogP contribution is 2.22. The van der Waals surface area contributed by atoms with Gasteiger partial charge in [-0.1, -0.05) is 31.9 Å². The van der Waals surface area contributed by atoms with Gasteiger partial charge in [-0.15, -0.1) is 0 Å². The van der Waals surface area contributed by atoms with Crippen molar-refractivity contribution in [2.45, 2.75) is 71.9 Å². The van der Waals surface area contributed by atoms with E-state index in [1.54, 1.807) is 0 Å². The summed E-state index contributed by atoms with van der Waals surface area (Å²) >= 11 is 0. The summed E-state index contributed by atoms with van der Waals surface area (Å²) in [4.78, 5) is 4.64. The SMILES string of the molecule is CCCCC/C=C/CCCC1=NCC[N+]1(CC)C(C)O. The van der Waals surface area contributed by atoms with Crippen LogP contribution >= 0.6 is 0 Å². The van der Waals surface area contributed by atoms with Crippen LogP contribution in [0.4, 0.5) is 0 Å². The van der Waals surface area contributed by atoms with E-state index in [0.717, 1.165) is 38.9 Å². The van der Waals surface area contributed by atoms with Gasteiger partial charge in [0.15, 0.2) is 6.23 Å². The number of quaternary nitrogens is 1. The summed E-state index contributed by atoms with van der Waals surface area (Å²) < 4.78 is 0.695. The summed E-state index contributed by atoms with van der Waals surface area (Å²) in [6, 6.07) is 0. The van der Waals surface area contributed by atoms with Gasteiger partial charge in [0.05, 0.1) is 13.1 Å². The largest absolute Gasteiger partial charge is 0.345 e. The lowest BCUT2D eigenvalue weighted by Gasteiger charge is -2.36. The number of nitrogens with zero attached hydrogens (tertiary/aromatic N) is 2. The first-order valence-corrected chi connectivity index (χ1v) is 8.41. The van der Waals surface area contributed by atoms with E-state index in [2.05, 4.69) is 31.0 Å². The van der Waals surface area contributed by atoms with E-state index in [0.29, 0.717) is 4.48 Å². The van der Waals surface area contributed by atoms with Crippen LogP contribution in [0.25, 0.3) is 0 Å². The molecule has 116 valence electrons. The number of aliphatic hydroxyl groups is 1. The molecular weight excluding hydrogens is 248 g/mol. The van der Waals surface area contributed by atoms with Crippen LogP contribution in [0.2, 0.25) is 0 Å². The molecule has 2 atom stereocenters. The summed E-state index contributed by atoms with van der Waals surface area (Å²) in [5.41, 5.74) is 0. The second-order valence-electron chi connectivity index (χ2n) is 5.86. The number of allylic oxidation sites excluding steroid dienone is 2. The van der Waals surface area contributed by atoms with Crippen molar-refractivity contribution in [1.82, 2.24) is 0 Å². The predicted octanol–water partition coefficient (Wildman–Crippen LogP) is 3.88. The summed E-state index contributed by atoms with van der Waals surface area (Å²) in [6.45, 7) is 9.09. The van der Waals surface area contributed by atoms with Gasteiger partial charge in [0.1, 0.15) is 6.54 Å². The maximum absolute atomic E-state index is 10.1. The number of rotatable bonds is 10. The molecule has 3 heteroatoms. The average Bonchev–Trinajstić information content (AvgIpc) is 2.86. The van der Waals surface area contributed by atoms with E-state index in [9.17, 15) is 5.11 Å². The fourth-order valence-electron chi connectivity index (χ4n) is 3.06. The Morgan fingerprint density at radius 3 is 2.50 bits per heavy atom. The van der Waals surface area contributed by atoms with Gasteiger partial charge in [-0.2, -0.15) is 0 Å². The standard InChI is InChI=1S/C17H33N2O/c1-4-6-7-8-9-10-11-12-13-17-18-14-15-19(17,5-2)16(3)20/h9-10,16,20H,4-8,11-15H2,1-3H3/q+1/b10-9+. The van der Waals surface area contributed by atoms with Crippen LogP contribution in [0.1, 0.15) is 65.7 Å². The molecule has 0 aliphatic carbocycles. The van der Waals surface area contributed by atoms with E-state index in [4.69, 9.17) is 0 Å². The van der Waals surface area contributed by atoms with Crippen LogP contribution in [0.15, 0.2) is 17.1 Å². The molecule has 0 aromatic heterocycles. The van der Waals surface area contributed by atoms with E-state index < -0.39 is 0 Å². The zero-order valence-electron chi connectivity index (χ0n) is 13.6. The summed E-state index contributed by atoms with van der Waals surface area (Å²) in [5.74, 6) is 1.21. The highest BCUT2D eigenvalue weighted by Gasteiger charge is 2.40. The van der Waals surface area contributed by atoms with Gasteiger partial charge in [0.2, 0.25) is 5.84 Å². The summed E-state index contributed by atoms with van der Waals surface area (Å²) in [6.07, 6.45) is 12.8. The fraction of sp³-hybridized carbons (Fsp3) is 0.824. The van der Waals surface area contributed by atoms with E-state index >= 15 is 0 Å². The Bertz CT molecular complexity index is 323. The number of amidine groups is 1. The van der Waals surface area contributed by atoms with E-state index in [1.165, 1.54) is 31.5 Å². The first kappa shape index (κ1) is 17.4. The van der Waals surface area contributed by atoms with Crippen LogP contribution in [-0.4, -0.2) is 41.3 Å². The lowest BCUT2D eigenvalue weighted by Crippen LogP contribution is -2.56. The number of aliphatic imine (C=N–C) groups is 1. The van der Waals surface area contributed by atoms with Gasteiger partial charge in [-0.25, -0.2) is 4.99 Å². The Balaban J connectivity index is 2.27. The Hall–Kier alpha value is -0.670. The minimum Gasteiger partial charge on any atom is -0.345 e. The highest BCUT2D eigenvalue weighted by molar-refractivity contribution is 5.76. The summed E-state index contributed by atoms with van der Waals surface area (Å²) in [5, 5.41) is 10.1. The molecule has 0 aromatic rings. The van der Waals surface area contributed by atoms with Crippen LogP contribution in [0.5, 0.6) is 0 Å². The monoisotopic (exact) mass is 281 g/mol. The van der Waals surface area contributed by atoms with Crippen LogP contribution in [0.3, 0.4) is 0 Å². The lowest BCUT2D eigenvalue weighted by molar-refractivity contribution is -0.882. The molecule has 20 heavy (non-hydrogen) atoms. The zero-order chi connectivity index (χ0) is 14.8. The number of unbranched alkanes of at least 4 members (excludes halogenated alkanes) is 4. The maximum atomic E-state index is 10.1. The van der Waals surface area contributed by atoms with Gasteiger partial charge in [0, 0.05) is 13.3 Å². The minimum atomic E-state index is -0.328. The minimum absolute atomic E-state index is 0.328. The highest BCUT2D eigenvalue weighted by atomic mass is 16.3. The molecule has 0 bridgehead atoms. The molecule has 1 heterocycles. The van der Waals surface area contributed by atoms with Crippen molar-refractivity contribution >= 4 is 5.84 Å². The van der Waals surface area contributed by atoms with Crippen molar-refractivity contribution in [3.63, 3.8) is 0 Å². The first-order valence-electron chi connectivity index (χ1n) is 8.41. The Morgan fingerprint density at radius 2 is 1.90 bits per heavy atom. The molecule has 1 aliphatic heterocycles. The van der Waals surface area contributed by atoms with Crippen LogP contribution in [-0.2, 0) is 0 Å². The lowest BCUT2D eigenvalue weighted by atomic mass is 10.1. The summed E-state index contributed by atoms with van der Waals surface area (Å²) in [7, 11) is 0. The molecule has 1 aliphatic rings. The third-order valence-electron chi connectivity index (χ3n) is 4.50. The van der Waals surface area contributed by atoms with Crippen molar-refractivity contribution in [3.05, 3.63) is 12.2 Å². The average molecular weight is 281 g/mol. The molecule has 0 radical (unpaired) electrons. The molecule has 0 amide bonds. The Labute approximate surface area is 125 Å². The maximum Gasteiger partial charge on any atom is 0.200 e. The quantitative estimate of drug-likeness (QED) is 0.368. The molecule has 0 aromatic carbocycles. The molecule has 1 rings (SSSR count). The van der Waals surface area contributed by atoms with Crippen molar-refractivity contribution < 1.29 is 9.59 Å². The molecule has 1 N–H and O–H groups in total. The normalized spacial score (nSPS) is 24.3. The van der Waals surface area contributed by atoms with Crippen molar-refractivity contribution in [2.75, 3.05) is 19.6 Å². The molecule has 0 saturated heterocycles. The zero-order valence-corrected chi connectivity index (χ0v) is 13.6. The molecule has 3 nitrogen and oxygen atoms in total. The third-order valence-corrected chi connectivity index (χ3v) is 4.50. The molecule has 2 unspecified atom stereocenters. The second-order valence-corrected chi connectivity index (χ2v) is 5.86. The van der Waals surface area contributed by atoms with Crippen molar-refractivity contribution in [3.8, 4) is 0 Å². The van der Waals surface area contributed by atoms with Crippen molar-refractivity contribution in [1.29, 1.82) is 0 Å². The smallest absolute Gasteiger partial charge is 0.200 e. The van der Waals surface area contributed by atoms with E-state index in [-0.39, 0.29) is 6.23 Å². The first-order chi connectivity index (χ1) is 9.67. The number of hydrogen-bond acceptors (Lipinski definition) is 2. The molecular formula is C17H33N2O+. The van der Waals surface area contributed by atoms with Crippen LogP contribution < -0.4 is 0 Å². The third kappa shape index (κ3) is 4.71. The fourth-order valence-corrected chi connectivity index (χ4v) is 3.06. The Kier molecular flexibility index (Phi) is 8.08.